The van der Waals surface area contributed by atoms with Gasteiger partial charge in [0.25, 0.3) is 0 Å². The summed E-state index contributed by atoms with van der Waals surface area (Å²) >= 11 is 5.75. The Hall–Kier alpha value is -1.29. The highest BCUT2D eigenvalue weighted by atomic mass is 35.5. The quantitative estimate of drug-likeness (QED) is 0.867. The maximum Gasteiger partial charge on any atom is 0.337 e. The highest BCUT2D eigenvalue weighted by Gasteiger charge is 2.31. The summed E-state index contributed by atoms with van der Waals surface area (Å²) in [6.45, 7) is 3.04. The number of anilines is 1. The largest absolute Gasteiger partial charge is 0.478 e. The third kappa shape index (κ3) is 2.69. The standard InChI is InChI=1S/C12H15ClN2O2/c1-12(3-2-4-12)7-15-10-5-8(11(16)17)9(13)6-14-10/h5-6H,2-4,7H2,1H3,(H,14,15)(H,16,17). The van der Waals surface area contributed by atoms with Crippen LogP contribution in [0.15, 0.2) is 12.3 Å². The lowest BCUT2D eigenvalue weighted by Gasteiger charge is -2.38. The first kappa shape index (κ1) is 12.2. The second-order valence-electron chi connectivity index (χ2n) is 4.87. The fourth-order valence-corrected chi connectivity index (χ4v) is 2.14. The van der Waals surface area contributed by atoms with Gasteiger partial charge in [-0.3, -0.25) is 0 Å². The topological polar surface area (TPSA) is 62.2 Å². The number of hydrogen-bond acceptors (Lipinski definition) is 3. The van der Waals surface area contributed by atoms with Crippen LogP contribution in [-0.4, -0.2) is 22.6 Å². The van der Waals surface area contributed by atoms with E-state index in [2.05, 4.69) is 17.2 Å². The fourth-order valence-electron chi connectivity index (χ4n) is 1.96. The van der Waals surface area contributed by atoms with Crippen LogP contribution < -0.4 is 5.32 Å². The smallest absolute Gasteiger partial charge is 0.337 e. The summed E-state index contributed by atoms with van der Waals surface area (Å²) < 4.78 is 0. The third-order valence-corrected chi connectivity index (χ3v) is 3.64. The summed E-state index contributed by atoms with van der Waals surface area (Å²) in [5.74, 6) is -0.463. The molecule has 1 aromatic heterocycles. The van der Waals surface area contributed by atoms with Crippen molar-refractivity contribution >= 4 is 23.4 Å². The van der Waals surface area contributed by atoms with E-state index in [1.54, 1.807) is 0 Å². The van der Waals surface area contributed by atoms with E-state index in [1.807, 2.05) is 0 Å². The molecule has 5 heteroatoms. The Labute approximate surface area is 105 Å². The number of nitrogens with zero attached hydrogens (tertiary/aromatic N) is 1. The van der Waals surface area contributed by atoms with Crippen LogP contribution in [0.1, 0.15) is 36.5 Å². The van der Waals surface area contributed by atoms with Gasteiger partial charge >= 0.3 is 5.97 Å². The maximum absolute atomic E-state index is 10.9. The zero-order valence-corrected chi connectivity index (χ0v) is 10.4. The molecule has 0 unspecified atom stereocenters. The van der Waals surface area contributed by atoms with Crippen LogP contribution in [0.2, 0.25) is 5.02 Å². The Morgan fingerprint density at radius 2 is 2.35 bits per heavy atom. The van der Waals surface area contributed by atoms with Crippen molar-refractivity contribution in [2.45, 2.75) is 26.2 Å². The predicted octanol–water partition coefficient (Wildman–Crippen LogP) is 3.04. The van der Waals surface area contributed by atoms with E-state index in [0.29, 0.717) is 11.2 Å². The molecule has 1 aliphatic rings. The Balaban J connectivity index is 2.06. The molecule has 0 amide bonds. The van der Waals surface area contributed by atoms with Crippen LogP contribution in [-0.2, 0) is 0 Å². The number of aromatic carboxylic acids is 1. The lowest BCUT2D eigenvalue weighted by atomic mass is 9.70. The monoisotopic (exact) mass is 254 g/mol. The second kappa shape index (κ2) is 4.53. The first-order chi connectivity index (χ1) is 8.00. The van der Waals surface area contributed by atoms with Crippen molar-refractivity contribution < 1.29 is 9.90 Å². The number of aromatic nitrogens is 1. The van der Waals surface area contributed by atoms with E-state index in [4.69, 9.17) is 16.7 Å². The van der Waals surface area contributed by atoms with Crippen LogP contribution in [0, 0.1) is 5.41 Å². The lowest BCUT2D eigenvalue weighted by molar-refractivity contribution is 0.0697. The molecule has 1 aromatic rings. The Morgan fingerprint density at radius 1 is 1.65 bits per heavy atom. The molecular weight excluding hydrogens is 240 g/mol. The minimum atomic E-state index is -1.03. The normalized spacial score (nSPS) is 17.3. The number of halogens is 1. The van der Waals surface area contributed by atoms with E-state index < -0.39 is 5.97 Å². The average Bonchev–Trinajstić information content (AvgIpc) is 2.25. The van der Waals surface area contributed by atoms with Gasteiger partial charge in [0.2, 0.25) is 0 Å². The highest BCUT2D eigenvalue weighted by Crippen LogP contribution is 2.40. The molecule has 92 valence electrons. The van der Waals surface area contributed by atoms with Gasteiger partial charge in [-0.15, -0.1) is 0 Å². The number of carbonyl (C=O) groups is 1. The SMILES string of the molecule is CC1(CNc2cc(C(=O)O)c(Cl)cn2)CCC1. The van der Waals surface area contributed by atoms with Crippen molar-refractivity contribution in [2.75, 3.05) is 11.9 Å². The van der Waals surface area contributed by atoms with Crippen molar-refractivity contribution in [1.82, 2.24) is 4.98 Å². The molecule has 4 nitrogen and oxygen atoms in total. The number of nitrogens with one attached hydrogen (secondary N) is 1. The molecule has 2 N–H and O–H groups in total. The van der Waals surface area contributed by atoms with Crippen molar-refractivity contribution in [3.05, 3.63) is 22.8 Å². The minimum absolute atomic E-state index is 0.0860. The van der Waals surface area contributed by atoms with Crippen molar-refractivity contribution in [1.29, 1.82) is 0 Å². The van der Waals surface area contributed by atoms with E-state index in [-0.39, 0.29) is 10.6 Å². The Kier molecular flexibility index (Phi) is 3.24. The van der Waals surface area contributed by atoms with E-state index >= 15 is 0 Å². The summed E-state index contributed by atoms with van der Waals surface area (Å²) in [4.78, 5) is 15.0. The molecule has 0 spiro atoms. The zero-order valence-electron chi connectivity index (χ0n) is 9.66. The highest BCUT2D eigenvalue weighted by molar-refractivity contribution is 6.33. The van der Waals surface area contributed by atoms with Crippen LogP contribution in [0.3, 0.4) is 0 Å². The van der Waals surface area contributed by atoms with Crippen LogP contribution >= 0.6 is 11.6 Å². The number of hydrogen-bond donors (Lipinski definition) is 2. The van der Waals surface area contributed by atoms with E-state index in [9.17, 15) is 4.79 Å². The first-order valence-electron chi connectivity index (χ1n) is 5.63. The molecule has 0 aliphatic heterocycles. The Bertz CT molecular complexity index is 444. The van der Waals surface area contributed by atoms with E-state index in [0.717, 1.165) is 6.54 Å². The molecule has 0 atom stereocenters. The molecule has 1 saturated carbocycles. The molecular formula is C12H15ClN2O2. The lowest BCUT2D eigenvalue weighted by Crippen LogP contribution is -2.33. The maximum atomic E-state index is 10.9. The molecule has 17 heavy (non-hydrogen) atoms. The van der Waals surface area contributed by atoms with Gasteiger partial charge in [0, 0.05) is 12.7 Å². The van der Waals surface area contributed by atoms with Gasteiger partial charge in [0.1, 0.15) is 5.82 Å². The summed E-state index contributed by atoms with van der Waals surface area (Å²) in [5, 5.41) is 12.3. The van der Waals surface area contributed by atoms with Gasteiger partial charge in [0.05, 0.1) is 10.6 Å². The molecule has 1 heterocycles. The number of carboxylic acid groups (broad SMARTS) is 1. The van der Waals surface area contributed by atoms with Crippen LogP contribution in [0.4, 0.5) is 5.82 Å². The van der Waals surface area contributed by atoms with Crippen LogP contribution in [0.5, 0.6) is 0 Å². The minimum Gasteiger partial charge on any atom is -0.478 e. The molecule has 0 radical (unpaired) electrons. The second-order valence-corrected chi connectivity index (χ2v) is 5.28. The molecule has 2 rings (SSSR count). The van der Waals surface area contributed by atoms with E-state index in [1.165, 1.54) is 31.5 Å². The molecule has 0 saturated heterocycles. The zero-order chi connectivity index (χ0) is 12.5. The van der Waals surface area contributed by atoms with Gasteiger partial charge < -0.3 is 10.4 Å². The molecule has 1 aliphatic carbocycles. The van der Waals surface area contributed by atoms with Gasteiger partial charge in [-0.2, -0.15) is 0 Å². The Morgan fingerprint density at radius 3 is 2.88 bits per heavy atom. The number of pyridine rings is 1. The van der Waals surface area contributed by atoms with Crippen molar-refractivity contribution in [3.8, 4) is 0 Å². The summed E-state index contributed by atoms with van der Waals surface area (Å²) in [6.07, 6.45) is 5.06. The number of rotatable bonds is 4. The molecule has 1 fully saturated rings. The van der Waals surface area contributed by atoms with Crippen LogP contribution in [0.25, 0.3) is 0 Å². The average molecular weight is 255 g/mol. The van der Waals surface area contributed by atoms with Gasteiger partial charge in [-0.05, 0) is 24.3 Å². The van der Waals surface area contributed by atoms with Gasteiger partial charge in [-0.1, -0.05) is 24.9 Å². The summed E-state index contributed by atoms with van der Waals surface area (Å²) in [7, 11) is 0. The number of carboxylic acids is 1. The molecule has 0 aromatic carbocycles. The third-order valence-electron chi connectivity index (χ3n) is 3.34. The van der Waals surface area contributed by atoms with Gasteiger partial charge in [0.15, 0.2) is 0 Å². The summed E-state index contributed by atoms with van der Waals surface area (Å²) in [6, 6.07) is 1.48. The fraction of sp³-hybridized carbons (Fsp3) is 0.500. The van der Waals surface area contributed by atoms with Gasteiger partial charge in [-0.25, -0.2) is 9.78 Å². The van der Waals surface area contributed by atoms with Crippen molar-refractivity contribution in [3.63, 3.8) is 0 Å². The summed E-state index contributed by atoms with van der Waals surface area (Å²) in [5.41, 5.74) is 0.410. The van der Waals surface area contributed by atoms with Crippen molar-refractivity contribution in [2.24, 2.45) is 5.41 Å². The predicted molar refractivity (Wildman–Crippen MR) is 66.7 cm³/mol. The first-order valence-corrected chi connectivity index (χ1v) is 6.01. The molecule has 0 bridgehead atoms.